The fraction of sp³-hybridized carbons (Fsp3) is 0.308. The molecule has 0 heterocycles. The predicted molar refractivity (Wildman–Crippen MR) is 66.7 cm³/mol. The van der Waals surface area contributed by atoms with E-state index in [9.17, 15) is 14.9 Å². The highest BCUT2D eigenvalue weighted by Gasteiger charge is 2.15. The maximum atomic E-state index is 10.9. The minimum atomic E-state index is -0.417. The molecular formula is C13H15NO3. The Morgan fingerprint density at radius 2 is 2.12 bits per heavy atom. The fourth-order valence-electron chi connectivity index (χ4n) is 1.66. The van der Waals surface area contributed by atoms with Crippen molar-refractivity contribution in [1.82, 2.24) is 0 Å². The second-order valence-corrected chi connectivity index (χ2v) is 3.71. The summed E-state index contributed by atoms with van der Waals surface area (Å²) in [6.07, 6.45) is 4.67. The molecule has 0 bridgehead atoms. The first-order valence-corrected chi connectivity index (χ1v) is 5.58. The van der Waals surface area contributed by atoms with E-state index >= 15 is 0 Å². The van der Waals surface area contributed by atoms with Gasteiger partial charge in [-0.05, 0) is 30.6 Å². The average Bonchev–Trinajstić information content (AvgIpc) is 2.34. The van der Waals surface area contributed by atoms with Gasteiger partial charge < -0.3 is 0 Å². The number of nitro groups is 1. The molecule has 0 N–H and O–H groups in total. The van der Waals surface area contributed by atoms with E-state index in [0.29, 0.717) is 18.3 Å². The van der Waals surface area contributed by atoms with Gasteiger partial charge in [0.05, 0.1) is 10.5 Å². The van der Waals surface area contributed by atoms with Crippen molar-refractivity contribution in [2.75, 3.05) is 0 Å². The molecule has 0 aliphatic heterocycles. The summed E-state index contributed by atoms with van der Waals surface area (Å²) in [4.78, 5) is 21.1. The Hall–Kier alpha value is -1.97. The lowest BCUT2D eigenvalue weighted by Crippen LogP contribution is -1.95. The first kappa shape index (κ1) is 13.1. The second-order valence-electron chi connectivity index (χ2n) is 3.71. The number of hydrogen-bond acceptors (Lipinski definition) is 3. The Morgan fingerprint density at radius 1 is 1.41 bits per heavy atom. The number of benzene rings is 1. The molecular weight excluding hydrogens is 218 g/mol. The molecule has 0 amide bonds. The third kappa shape index (κ3) is 3.52. The summed E-state index contributed by atoms with van der Waals surface area (Å²) in [6.45, 7) is 2.04. The molecule has 4 heteroatoms. The fourth-order valence-corrected chi connectivity index (χ4v) is 1.66. The lowest BCUT2D eigenvalue weighted by molar-refractivity contribution is -0.385. The van der Waals surface area contributed by atoms with Crippen molar-refractivity contribution in [3.63, 3.8) is 0 Å². The summed E-state index contributed by atoms with van der Waals surface area (Å²) in [5.74, 6) is 0. The number of aldehydes is 1. The summed E-state index contributed by atoms with van der Waals surface area (Å²) in [6, 6.07) is 6.51. The van der Waals surface area contributed by atoms with Gasteiger partial charge >= 0.3 is 0 Å². The number of hydrogen-bond donors (Lipinski definition) is 0. The number of carbonyl (C=O) groups excluding carboxylic acids is 1. The van der Waals surface area contributed by atoms with Gasteiger partial charge in [0, 0.05) is 6.07 Å². The highest BCUT2D eigenvalue weighted by Crippen LogP contribution is 2.28. The Bertz CT molecular complexity index is 438. The van der Waals surface area contributed by atoms with Crippen LogP contribution in [-0.4, -0.2) is 11.2 Å². The summed E-state index contributed by atoms with van der Waals surface area (Å²) in [5.41, 5.74) is 1.32. The quantitative estimate of drug-likeness (QED) is 0.327. The van der Waals surface area contributed by atoms with Gasteiger partial charge in [-0.3, -0.25) is 14.9 Å². The van der Waals surface area contributed by atoms with Crippen molar-refractivity contribution in [2.24, 2.45) is 0 Å². The standard InChI is InChI=1S/C13H15NO3/c1-2-3-6-11(9-10-15)12-7-4-5-8-13(12)14(16)17/h4-5,7-10H,2-3,6H2,1H3. The van der Waals surface area contributed by atoms with E-state index in [-0.39, 0.29) is 5.69 Å². The number of rotatable bonds is 6. The third-order valence-corrected chi connectivity index (χ3v) is 2.52. The molecule has 0 radical (unpaired) electrons. The van der Waals surface area contributed by atoms with Gasteiger partial charge in [-0.2, -0.15) is 0 Å². The molecule has 17 heavy (non-hydrogen) atoms. The van der Waals surface area contributed by atoms with Crippen molar-refractivity contribution in [3.8, 4) is 0 Å². The molecule has 0 spiro atoms. The number of nitrogens with zero attached hydrogens (tertiary/aromatic N) is 1. The van der Waals surface area contributed by atoms with Gasteiger partial charge in [-0.1, -0.05) is 25.5 Å². The maximum absolute atomic E-state index is 10.9. The van der Waals surface area contributed by atoms with Gasteiger partial charge in [0.2, 0.25) is 0 Å². The summed E-state index contributed by atoms with van der Waals surface area (Å²) in [5, 5.41) is 10.9. The molecule has 0 aliphatic carbocycles. The van der Waals surface area contributed by atoms with Gasteiger partial charge in [0.25, 0.3) is 5.69 Å². The van der Waals surface area contributed by atoms with E-state index in [2.05, 4.69) is 0 Å². The van der Waals surface area contributed by atoms with Crippen molar-refractivity contribution >= 4 is 17.5 Å². The number of unbranched alkanes of at least 4 members (excludes halogenated alkanes) is 1. The Morgan fingerprint density at radius 3 is 2.71 bits per heavy atom. The van der Waals surface area contributed by atoms with Gasteiger partial charge in [0.1, 0.15) is 6.29 Å². The van der Waals surface area contributed by atoms with E-state index in [1.54, 1.807) is 18.2 Å². The highest BCUT2D eigenvalue weighted by atomic mass is 16.6. The Balaban J connectivity index is 3.13. The Kier molecular flexibility index (Phi) is 5.07. The third-order valence-electron chi connectivity index (χ3n) is 2.52. The lowest BCUT2D eigenvalue weighted by Gasteiger charge is -2.06. The van der Waals surface area contributed by atoms with Crippen LogP contribution in [0.25, 0.3) is 5.57 Å². The molecule has 0 saturated heterocycles. The average molecular weight is 233 g/mol. The van der Waals surface area contributed by atoms with Crippen LogP contribution in [0, 0.1) is 10.1 Å². The van der Waals surface area contributed by atoms with Crippen molar-refractivity contribution < 1.29 is 9.72 Å². The van der Waals surface area contributed by atoms with Crippen LogP contribution in [0.3, 0.4) is 0 Å². The first-order valence-electron chi connectivity index (χ1n) is 5.58. The zero-order chi connectivity index (χ0) is 12.7. The minimum Gasteiger partial charge on any atom is -0.299 e. The zero-order valence-corrected chi connectivity index (χ0v) is 9.76. The normalized spacial score (nSPS) is 11.2. The van der Waals surface area contributed by atoms with E-state index in [0.717, 1.165) is 18.4 Å². The zero-order valence-electron chi connectivity index (χ0n) is 9.76. The molecule has 0 unspecified atom stereocenters. The summed E-state index contributed by atoms with van der Waals surface area (Å²) in [7, 11) is 0. The van der Waals surface area contributed by atoms with E-state index < -0.39 is 4.92 Å². The van der Waals surface area contributed by atoms with Crippen LogP contribution in [0.15, 0.2) is 30.3 Å². The molecule has 0 atom stereocenters. The molecule has 1 aromatic carbocycles. The van der Waals surface area contributed by atoms with Crippen molar-refractivity contribution in [3.05, 3.63) is 46.0 Å². The van der Waals surface area contributed by atoms with Gasteiger partial charge in [-0.25, -0.2) is 0 Å². The SMILES string of the molecule is CCCCC(=CC=O)c1ccccc1[N+](=O)[O-]. The number of carbonyl (C=O) groups is 1. The first-order chi connectivity index (χ1) is 8.20. The molecule has 0 fully saturated rings. The summed E-state index contributed by atoms with van der Waals surface area (Å²) >= 11 is 0. The highest BCUT2D eigenvalue weighted by molar-refractivity contribution is 5.84. The predicted octanol–water partition coefficient (Wildman–Crippen LogP) is 3.37. The molecule has 0 aliphatic rings. The van der Waals surface area contributed by atoms with Crippen LogP contribution < -0.4 is 0 Å². The Labute approximate surface area is 100 Å². The topological polar surface area (TPSA) is 60.2 Å². The molecule has 1 rings (SSSR count). The number of para-hydroxylation sites is 1. The minimum absolute atomic E-state index is 0.0525. The van der Waals surface area contributed by atoms with Gasteiger partial charge in [-0.15, -0.1) is 0 Å². The van der Waals surface area contributed by atoms with Crippen molar-refractivity contribution in [1.29, 1.82) is 0 Å². The van der Waals surface area contributed by atoms with Crippen LogP contribution in [-0.2, 0) is 4.79 Å². The van der Waals surface area contributed by atoms with E-state index in [1.807, 2.05) is 6.92 Å². The lowest BCUT2D eigenvalue weighted by atomic mass is 9.98. The van der Waals surface area contributed by atoms with E-state index in [1.165, 1.54) is 12.1 Å². The smallest absolute Gasteiger partial charge is 0.276 e. The summed E-state index contributed by atoms with van der Waals surface area (Å²) < 4.78 is 0. The molecule has 1 aromatic rings. The molecule has 0 saturated carbocycles. The van der Waals surface area contributed by atoms with Crippen LogP contribution in [0.2, 0.25) is 0 Å². The largest absolute Gasteiger partial charge is 0.299 e. The number of nitro benzene ring substituents is 1. The van der Waals surface area contributed by atoms with Crippen LogP contribution in [0.4, 0.5) is 5.69 Å². The van der Waals surface area contributed by atoms with Crippen LogP contribution >= 0.6 is 0 Å². The van der Waals surface area contributed by atoms with Crippen LogP contribution in [0.5, 0.6) is 0 Å². The monoisotopic (exact) mass is 233 g/mol. The number of allylic oxidation sites excluding steroid dienone is 2. The van der Waals surface area contributed by atoms with Crippen molar-refractivity contribution in [2.45, 2.75) is 26.2 Å². The second kappa shape index (κ2) is 6.58. The van der Waals surface area contributed by atoms with Crippen LogP contribution in [0.1, 0.15) is 31.7 Å². The molecule has 4 nitrogen and oxygen atoms in total. The molecule has 0 aromatic heterocycles. The van der Waals surface area contributed by atoms with E-state index in [4.69, 9.17) is 0 Å². The maximum Gasteiger partial charge on any atom is 0.276 e. The molecule has 90 valence electrons. The van der Waals surface area contributed by atoms with Gasteiger partial charge in [0.15, 0.2) is 0 Å².